The van der Waals surface area contributed by atoms with Crippen LogP contribution in [-0.2, 0) is 10.0 Å². The molecule has 0 aromatic rings. The van der Waals surface area contributed by atoms with Crippen LogP contribution >= 0.6 is 0 Å². The quantitative estimate of drug-likeness (QED) is 0.223. The van der Waals surface area contributed by atoms with Crippen molar-refractivity contribution in [1.29, 1.82) is 15.8 Å². The van der Waals surface area contributed by atoms with Crippen LogP contribution in [-0.4, -0.2) is 31.1 Å². The van der Waals surface area contributed by atoms with E-state index in [4.69, 9.17) is 10.5 Å². The molecule has 7 heteroatoms. The molecule has 0 rings (SSSR count). The Kier molecular flexibility index (Phi) is 18.3. The highest BCUT2D eigenvalue weighted by Gasteiger charge is 2.30. The van der Waals surface area contributed by atoms with Crippen molar-refractivity contribution in [2.24, 2.45) is 0 Å². The van der Waals surface area contributed by atoms with Gasteiger partial charge in [-0.2, -0.15) is 15.8 Å². The lowest BCUT2D eigenvalue weighted by Crippen LogP contribution is -2.39. The second-order valence-electron chi connectivity index (χ2n) is 7.91. The Bertz CT molecular complexity index is 614. The molecule has 0 N–H and O–H groups in total. The van der Waals surface area contributed by atoms with E-state index in [2.05, 4.69) is 12.1 Å². The lowest BCUT2D eigenvalue weighted by molar-refractivity contribution is 0.379. The van der Waals surface area contributed by atoms with Gasteiger partial charge >= 0.3 is 0 Å². The fourth-order valence-electron chi connectivity index (χ4n) is 3.49. The molecule has 170 valence electrons. The maximum Gasteiger partial charge on any atom is 0.230 e. The minimum atomic E-state index is -3.58. The highest BCUT2D eigenvalue weighted by molar-refractivity contribution is 7.90. The SMILES string of the molecule is CCCC(C#N)S(=O)(=O)N(CCCCCCCCC#N)CCCCCCCCC#N. The van der Waals surface area contributed by atoms with E-state index in [0.29, 0.717) is 38.8 Å². The summed E-state index contributed by atoms with van der Waals surface area (Å²) >= 11 is 0. The average molecular weight is 437 g/mol. The molecule has 0 aliphatic rings. The van der Waals surface area contributed by atoms with E-state index in [1.807, 2.05) is 13.0 Å². The number of hydrogen-bond donors (Lipinski definition) is 0. The van der Waals surface area contributed by atoms with E-state index < -0.39 is 15.3 Å². The smallest absolute Gasteiger partial charge is 0.211 e. The molecule has 6 nitrogen and oxygen atoms in total. The molecule has 0 bridgehead atoms. The maximum absolute atomic E-state index is 13.0. The van der Waals surface area contributed by atoms with Crippen molar-refractivity contribution >= 4 is 10.0 Å². The van der Waals surface area contributed by atoms with E-state index in [9.17, 15) is 13.7 Å². The maximum atomic E-state index is 13.0. The Morgan fingerprint density at radius 3 is 1.47 bits per heavy atom. The molecule has 1 atom stereocenters. The number of rotatable bonds is 20. The lowest BCUT2D eigenvalue weighted by Gasteiger charge is -2.24. The molecular formula is C23H40N4O2S. The van der Waals surface area contributed by atoms with Gasteiger partial charge < -0.3 is 0 Å². The van der Waals surface area contributed by atoms with Crippen molar-refractivity contribution in [3.8, 4) is 18.2 Å². The van der Waals surface area contributed by atoms with Crippen molar-refractivity contribution in [1.82, 2.24) is 4.31 Å². The summed E-state index contributed by atoms with van der Waals surface area (Å²) in [4.78, 5) is 0. The summed E-state index contributed by atoms with van der Waals surface area (Å²) in [5, 5.41) is 25.5. The third-order valence-corrected chi connectivity index (χ3v) is 7.45. The van der Waals surface area contributed by atoms with Crippen LogP contribution in [0, 0.1) is 34.0 Å². The molecule has 0 heterocycles. The first-order chi connectivity index (χ1) is 14.5. The number of hydrogen-bond acceptors (Lipinski definition) is 5. The third kappa shape index (κ3) is 13.6. The molecule has 0 fully saturated rings. The first kappa shape index (κ1) is 28.4. The molecule has 1 unspecified atom stereocenters. The van der Waals surface area contributed by atoms with Gasteiger partial charge in [0.1, 0.15) is 0 Å². The van der Waals surface area contributed by atoms with Gasteiger partial charge in [-0.15, -0.1) is 0 Å². The lowest BCUT2D eigenvalue weighted by atomic mass is 10.1. The van der Waals surface area contributed by atoms with Gasteiger partial charge in [-0.05, 0) is 32.1 Å². The van der Waals surface area contributed by atoms with Gasteiger partial charge in [-0.3, -0.25) is 0 Å². The monoisotopic (exact) mass is 436 g/mol. The minimum Gasteiger partial charge on any atom is -0.211 e. The molecule has 0 radical (unpaired) electrons. The first-order valence-corrected chi connectivity index (χ1v) is 13.2. The van der Waals surface area contributed by atoms with E-state index in [1.54, 1.807) is 4.31 Å². The molecule has 0 aliphatic heterocycles. The predicted molar refractivity (Wildman–Crippen MR) is 121 cm³/mol. The molecule has 0 amide bonds. The summed E-state index contributed by atoms with van der Waals surface area (Å²) in [7, 11) is -3.58. The van der Waals surface area contributed by atoms with Crippen molar-refractivity contribution < 1.29 is 8.42 Å². The van der Waals surface area contributed by atoms with Gasteiger partial charge in [-0.1, -0.05) is 64.7 Å². The minimum absolute atomic E-state index is 0.382. The molecular weight excluding hydrogens is 396 g/mol. The molecule has 0 spiro atoms. The molecule has 0 aliphatic carbocycles. The summed E-state index contributed by atoms with van der Waals surface area (Å²) < 4.78 is 27.5. The number of unbranched alkanes of at least 4 members (excludes halogenated alkanes) is 12. The van der Waals surface area contributed by atoms with Crippen molar-refractivity contribution in [3.05, 3.63) is 0 Å². The van der Waals surface area contributed by atoms with Crippen LogP contribution < -0.4 is 0 Å². The van der Waals surface area contributed by atoms with E-state index >= 15 is 0 Å². The largest absolute Gasteiger partial charge is 0.230 e. The van der Waals surface area contributed by atoms with Gasteiger partial charge in [0.15, 0.2) is 5.25 Å². The fraction of sp³-hybridized carbons (Fsp3) is 0.870. The van der Waals surface area contributed by atoms with Crippen LogP contribution in [0.3, 0.4) is 0 Å². The van der Waals surface area contributed by atoms with Gasteiger partial charge in [0.25, 0.3) is 0 Å². The summed E-state index contributed by atoms with van der Waals surface area (Å²) in [6.45, 7) is 2.89. The van der Waals surface area contributed by atoms with Crippen LogP contribution in [0.25, 0.3) is 0 Å². The summed E-state index contributed by atoms with van der Waals surface area (Å²) in [5.41, 5.74) is 0. The van der Waals surface area contributed by atoms with E-state index in [-0.39, 0.29) is 0 Å². The third-order valence-electron chi connectivity index (χ3n) is 5.31. The Morgan fingerprint density at radius 1 is 0.700 bits per heavy atom. The molecule has 0 aromatic heterocycles. The number of sulfonamides is 1. The fourth-order valence-corrected chi connectivity index (χ4v) is 5.28. The van der Waals surface area contributed by atoms with E-state index in [1.165, 1.54) is 0 Å². The molecule has 0 saturated heterocycles. The molecule has 0 aromatic carbocycles. The topological polar surface area (TPSA) is 109 Å². The zero-order valence-corrected chi connectivity index (χ0v) is 19.6. The highest BCUT2D eigenvalue weighted by Crippen LogP contribution is 2.18. The number of nitrogens with zero attached hydrogens (tertiary/aromatic N) is 4. The number of nitriles is 3. The normalized spacial score (nSPS) is 12.2. The van der Waals surface area contributed by atoms with Crippen molar-refractivity contribution in [3.63, 3.8) is 0 Å². The van der Waals surface area contributed by atoms with Crippen molar-refractivity contribution in [2.45, 2.75) is 115 Å². The first-order valence-electron chi connectivity index (χ1n) is 11.7. The second kappa shape index (κ2) is 19.3. The van der Waals surface area contributed by atoms with Gasteiger partial charge in [0.2, 0.25) is 10.0 Å². The Hall–Kier alpha value is -1.62. The molecule has 0 saturated carbocycles. The average Bonchev–Trinajstić information content (AvgIpc) is 2.73. The van der Waals surface area contributed by atoms with Gasteiger partial charge in [-0.25, -0.2) is 12.7 Å². The predicted octanol–water partition coefficient (Wildman–Crippen LogP) is 5.82. The standard InChI is InChI=1S/C23H40N4O2S/c1-2-17-23(22-26)30(28,29)27(20-15-11-7-3-5-9-13-18-24)21-16-12-8-4-6-10-14-19-25/h23H,2-17,20-21H2,1H3. The van der Waals surface area contributed by atoms with Crippen molar-refractivity contribution in [2.75, 3.05) is 13.1 Å². The van der Waals surface area contributed by atoms with Gasteiger partial charge in [0, 0.05) is 25.9 Å². The second-order valence-corrected chi connectivity index (χ2v) is 10.0. The zero-order valence-electron chi connectivity index (χ0n) is 18.8. The zero-order chi connectivity index (χ0) is 22.5. The Morgan fingerprint density at radius 2 is 1.10 bits per heavy atom. The van der Waals surface area contributed by atoms with E-state index in [0.717, 1.165) is 77.0 Å². The van der Waals surface area contributed by atoms with Crippen LogP contribution in [0.2, 0.25) is 0 Å². The van der Waals surface area contributed by atoms with Gasteiger partial charge in [0.05, 0.1) is 18.2 Å². The molecule has 30 heavy (non-hydrogen) atoms. The van der Waals surface area contributed by atoms with Crippen LogP contribution in [0.15, 0.2) is 0 Å². The summed E-state index contributed by atoms with van der Waals surface area (Å²) in [6.07, 6.45) is 14.1. The van der Waals surface area contributed by atoms with Crippen LogP contribution in [0.4, 0.5) is 0 Å². The summed E-state index contributed by atoms with van der Waals surface area (Å²) in [5.74, 6) is 0. The van der Waals surface area contributed by atoms with Crippen LogP contribution in [0.1, 0.15) is 110 Å². The Balaban J connectivity index is 4.48. The summed E-state index contributed by atoms with van der Waals surface area (Å²) in [6, 6.07) is 6.31. The van der Waals surface area contributed by atoms with Crippen LogP contribution in [0.5, 0.6) is 0 Å². The highest BCUT2D eigenvalue weighted by atomic mass is 32.2. The Labute approximate surface area is 184 Å².